The van der Waals surface area contributed by atoms with Crippen molar-refractivity contribution >= 4 is 11.6 Å². The molecule has 7 nitrogen and oxygen atoms in total. The summed E-state index contributed by atoms with van der Waals surface area (Å²) in [4.78, 5) is 0. The smallest absolute Gasteiger partial charge is 0.244 e. The van der Waals surface area contributed by atoms with Gasteiger partial charge in [0, 0.05) is 21.8 Å². The number of aromatic amines is 1. The van der Waals surface area contributed by atoms with Crippen LogP contribution in [0.5, 0.6) is 17.4 Å². The van der Waals surface area contributed by atoms with Gasteiger partial charge in [-0.05, 0) is 48.9 Å². The summed E-state index contributed by atoms with van der Waals surface area (Å²) in [6.07, 6.45) is 0. The number of aryl methyl sites for hydroxylation is 1. The van der Waals surface area contributed by atoms with E-state index in [1.54, 1.807) is 31.4 Å². The molecule has 2 aromatic carbocycles. The highest BCUT2D eigenvalue weighted by atomic mass is 35.5. The van der Waals surface area contributed by atoms with Crippen LogP contribution in [0.15, 0.2) is 53.9 Å². The average Bonchev–Trinajstić information content (AvgIpc) is 3.12. The van der Waals surface area contributed by atoms with Gasteiger partial charge in [-0.1, -0.05) is 17.7 Å². The molecule has 1 atom stereocenters. The second-order valence-corrected chi connectivity index (χ2v) is 7.24. The molecule has 1 aliphatic rings. The summed E-state index contributed by atoms with van der Waals surface area (Å²) < 4.78 is 16.9. The van der Waals surface area contributed by atoms with Crippen LogP contribution in [0.4, 0.5) is 0 Å². The number of nitrogens with one attached hydrogen (secondary N) is 1. The Morgan fingerprint density at radius 1 is 1.27 bits per heavy atom. The van der Waals surface area contributed by atoms with E-state index in [1.165, 1.54) is 0 Å². The van der Waals surface area contributed by atoms with Gasteiger partial charge in [-0.15, -0.1) is 5.10 Å². The van der Waals surface area contributed by atoms with E-state index in [-0.39, 0.29) is 12.5 Å². The Labute approximate surface area is 178 Å². The number of nitrogens with two attached hydrogens (primary N) is 1. The summed E-state index contributed by atoms with van der Waals surface area (Å²) in [5.74, 6) is 1.39. The van der Waals surface area contributed by atoms with Crippen molar-refractivity contribution in [3.8, 4) is 23.4 Å². The van der Waals surface area contributed by atoms with Gasteiger partial charge >= 0.3 is 0 Å². The molecular weight excluding hydrogens is 404 g/mol. The molecule has 152 valence electrons. The third-order valence-corrected chi connectivity index (χ3v) is 5.23. The molecule has 0 radical (unpaired) electrons. The van der Waals surface area contributed by atoms with Crippen molar-refractivity contribution in [3.63, 3.8) is 0 Å². The van der Waals surface area contributed by atoms with Crippen molar-refractivity contribution < 1.29 is 14.2 Å². The lowest BCUT2D eigenvalue weighted by molar-refractivity contribution is 0.296. The number of nitriles is 1. The highest BCUT2D eigenvalue weighted by Crippen LogP contribution is 2.43. The first-order valence-electron chi connectivity index (χ1n) is 9.19. The van der Waals surface area contributed by atoms with Gasteiger partial charge in [0.25, 0.3) is 0 Å². The van der Waals surface area contributed by atoms with Crippen LogP contribution in [0.2, 0.25) is 5.02 Å². The second kappa shape index (κ2) is 8.01. The SMILES string of the molecule is COc1ccc(C2C(C#N)=C(N)Oc3n[nH]c(C)c32)cc1COc1ccc(Cl)cc1. The van der Waals surface area contributed by atoms with Crippen LogP contribution >= 0.6 is 11.6 Å². The van der Waals surface area contributed by atoms with E-state index in [0.29, 0.717) is 28.0 Å². The molecule has 0 fully saturated rings. The van der Waals surface area contributed by atoms with Crippen LogP contribution in [-0.2, 0) is 6.61 Å². The molecule has 1 aliphatic heterocycles. The topological polar surface area (TPSA) is 106 Å². The van der Waals surface area contributed by atoms with Gasteiger partial charge in [0.2, 0.25) is 11.8 Å². The number of allylic oxidation sites excluding steroid dienone is 1. The molecular formula is C22H19ClN4O3. The third kappa shape index (κ3) is 3.53. The van der Waals surface area contributed by atoms with E-state index in [2.05, 4.69) is 16.3 Å². The molecule has 4 rings (SSSR count). The predicted molar refractivity (Wildman–Crippen MR) is 111 cm³/mol. The minimum atomic E-state index is -0.405. The number of nitrogens with zero attached hydrogens (tertiary/aromatic N) is 2. The van der Waals surface area contributed by atoms with Gasteiger partial charge in [0.05, 0.1) is 13.0 Å². The fraction of sp³-hybridized carbons (Fsp3) is 0.182. The Bertz CT molecular complexity index is 1160. The molecule has 8 heteroatoms. The average molecular weight is 423 g/mol. The number of halogens is 1. The van der Waals surface area contributed by atoms with Gasteiger partial charge in [0.1, 0.15) is 29.7 Å². The first kappa shape index (κ1) is 19.7. The number of methoxy groups -OCH3 is 1. The van der Waals surface area contributed by atoms with Crippen LogP contribution in [0, 0.1) is 18.3 Å². The first-order valence-corrected chi connectivity index (χ1v) is 9.57. The fourth-order valence-corrected chi connectivity index (χ4v) is 3.64. The Hall–Kier alpha value is -3.63. The van der Waals surface area contributed by atoms with Crippen LogP contribution in [0.3, 0.4) is 0 Å². The molecule has 0 saturated carbocycles. The molecule has 3 N–H and O–H groups in total. The number of aromatic nitrogens is 2. The number of hydrogen-bond acceptors (Lipinski definition) is 6. The zero-order chi connectivity index (χ0) is 21.3. The lowest BCUT2D eigenvalue weighted by atomic mass is 9.83. The molecule has 1 aromatic heterocycles. The molecule has 0 aliphatic carbocycles. The summed E-state index contributed by atoms with van der Waals surface area (Å²) in [6.45, 7) is 2.16. The predicted octanol–water partition coefficient (Wildman–Crippen LogP) is 4.18. The van der Waals surface area contributed by atoms with Crippen LogP contribution in [0.25, 0.3) is 0 Å². The minimum Gasteiger partial charge on any atom is -0.496 e. The van der Waals surface area contributed by atoms with Gasteiger partial charge in [-0.2, -0.15) is 5.26 Å². The standard InChI is InChI=1S/C22H19ClN4O3/c1-12-19-20(17(10-24)21(25)30-22(19)27-26-12)13-3-8-18(28-2)14(9-13)11-29-16-6-4-15(23)5-7-16/h3-9,20H,11,25H2,1-2H3,(H,26,27). The van der Waals surface area contributed by atoms with Crippen LogP contribution in [-0.4, -0.2) is 17.3 Å². The maximum atomic E-state index is 9.73. The van der Waals surface area contributed by atoms with Gasteiger partial charge in [-0.3, -0.25) is 5.10 Å². The quantitative estimate of drug-likeness (QED) is 0.638. The molecule has 0 spiro atoms. The number of ether oxygens (including phenoxy) is 3. The third-order valence-electron chi connectivity index (χ3n) is 4.98. The maximum absolute atomic E-state index is 9.73. The maximum Gasteiger partial charge on any atom is 0.244 e. The van der Waals surface area contributed by atoms with Crippen LogP contribution < -0.4 is 19.9 Å². The van der Waals surface area contributed by atoms with Gasteiger partial charge < -0.3 is 19.9 Å². The zero-order valence-corrected chi connectivity index (χ0v) is 17.2. The second-order valence-electron chi connectivity index (χ2n) is 6.81. The highest BCUT2D eigenvalue weighted by Gasteiger charge is 2.34. The summed E-state index contributed by atoms with van der Waals surface area (Å²) in [7, 11) is 1.60. The Morgan fingerprint density at radius 3 is 2.73 bits per heavy atom. The Kier molecular flexibility index (Phi) is 5.25. The van der Waals surface area contributed by atoms with E-state index >= 15 is 0 Å². The molecule has 0 amide bonds. The number of fused-ring (bicyclic) bond motifs is 1. The van der Waals surface area contributed by atoms with Gasteiger partial charge in [-0.25, -0.2) is 0 Å². The summed E-state index contributed by atoms with van der Waals surface area (Å²) in [5, 5.41) is 17.4. The number of H-pyrrole nitrogens is 1. The van der Waals surface area contributed by atoms with Crippen molar-refractivity contribution in [1.29, 1.82) is 5.26 Å². The molecule has 2 heterocycles. The fourth-order valence-electron chi connectivity index (χ4n) is 3.51. The molecule has 0 saturated heterocycles. The van der Waals surface area contributed by atoms with E-state index in [1.807, 2.05) is 25.1 Å². The van der Waals surface area contributed by atoms with Crippen molar-refractivity contribution in [1.82, 2.24) is 10.2 Å². The summed E-state index contributed by atoms with van der Waals surface area (Å²) >= 11 is 5.93. The van der Waals surface area contributed by atoms with Gasteiger partial charge in [0.15, 0.2) is 0 Å². The summed E-state index contributed by atoms with van der Waals surface area (Å²) in [5.41, 5.74) is 9.62. The number of benzene rings is 2. The lowest BCUT2D eigenvalue weighted by Gasteiger charge is -2.24. The van der Waals surface area contributed by atoms with Crippen molar-refractivity contribution in [2.24, 2.45) is 5.73 Å². The van der Waals surface area contributed by atoms with Crippen molar-refractivity contribution in [2.45, 2.75) is 19.4 Å². The van der Waals surface area contributed by atoms with E-state index in [9.17, 15) is 5.26 Å². The largest absolute Gasteiger partial charge is 0.496 e. The van der Waals surface area contributed by atoms with Crippen LogP contribution in [0.1, 0.15) is 28.3 Å². The normalized spacial score (nSPS) is 15.2. The van der Waals surface area contributed by atoms with Crippen molar-refractivity contribution in [2.75, 3.05) is 7.11 Å². The Balaban J connectivity index is 1.72. The first-order chi connectivity index (χ1) is 14.5. The molecule has 0 bridgehead atoms. The highest BCUT2D eigenvalue weighted by molar-refractivity contribution is 6.30. The minimum absolute atomic E-state index is 0.0521. The number of rotatable bonds is 5. The van der Waals surface area contributed by atoms with E-state index < -0.39 is 5.92 Å². The lowest BCUT2D eigenvalue weighted by Crippen LogP contribution is -2.21. The van der Waals surface area contributed by atoms with E-state index in [4.69, 9.17) is 31.5 Å². The molecule has 3 aromatic rings. The molecule has 1 unspecified atom stereocenters. The zero-order valence-electron chi connectivity index (χ0n) is 16.4. The Morgan fingerprint density at radius 2 is 2.03 bits per heavy atom. The molecule has 30 heavy (non-hydrogen) atoms. The summed E-state index contributed by atoms with van der Waals surface area (Å²) in [6, 6.07) is 15.0. The van der Waals surface area contributed by atoms with Crippen molar-refractivity contribution in [3.05, 3.63) is 81.3 Å². The monoisotopic (exact) mass is 422 g/mol. The van der Waals surface area contributed by atoms with E-state index in [0.717, 1.165) is 22.4 Å². The number of hydrogen-bond donors (Lipinski definition) is 2.